The summed E-state index contributed by atoms with van der Waals surface area (Å²) < 4.78 is 5.83. The SMILES string of the molecule is COC(=O)C(C)(C)N(C)c1cc(Br)ccc1C. The van der Waals surface area contributed by atoms with Gasteiger partial charge < -0.3 is 9.64 Å². The van der Waals surface area contributed by atoms with Crippen LogP contribution in [0.4, 0.5) is 5.69 Å². The van der Waals surface area contributed by atoms with E-state index in [0.717, 1.165) is 15.7 Å². The maximum absolute atomic E-state index is 11.8. The van der Waals surface area contributed by atoms with E-state index in [1.165, 1.54) is 7.11 Å². The maximum Gasteiger partial charge on any atom is 0.331 e. The molecule has 0 aliphatic carbocycles. The van der Waals surface area contributed by atoms with Crippen molar-refractivity contribution in [1.29, 1.82) is 0 Å². The van der Waals surface area contributed by atoms with Gasteiger partial charge in [0, 0.05) is 17.2 Å². The smallest absolute Gasteiger partial charge is 0.331 e. The van der Waals surface area contributed by atoms with Gasteiger partial charge in [-0.25, -0.2) is 4.79 Å². The Bertz CT molecular complexity index is 429. The predicted octanol–water partition coefficient (Wildman–Crippen LogP) is 3.15. The number of esters is 1. The van der Waals surface area contributed by atoms with Gasteiger partial charge >= 0.3 is 5.97 Å². The zero-order valence-corrected chi connectivity index (χ0v) is 12.5. The molecule has 0 N–H and O–H groups in total. The van der Waals surface area contributed by atoms with E-state index in [2.05, 4.69) is 15.9 Å². The van der Waals surface area contributed by atoms with Gasteiger partial charge in [0.15, 0.2) is 0 Å². The summed E-state index contributed by atoms with van der Waals surface area (Å²) in [4.78, 5) is 13.7. The summed E-state index contributed by atoms with van der Waals surface area (Å²) in [6, 6.07) is 6.00. The Labute approximate surface area is 111 Å². The van der Waals surface area contributed by atoms with E-state index in [1.54, 1.807) is 0 Å². The molecular weight excluding hydrogens is 282 g/mol. The number of hydrogen-bond acceptors (Lipinski definition) is 3. The molecule has 17 heavy (non-hydrogen) atoms. The van der Waals surface area contributed by atoms with Crippen LogP contribution < -0.4 is 4.90 Å². The number of likely N-dealkylation sites (N-methyl/N-ethyl adjacent to an activating group) is 1. The number of halogens is 1. The summed E-state index contributed by atoms with van der Waals surface area (Å²) in [5.41, 5.74) is 1.43. The maximum atomic E-state index is 11.8. The zero-order valence-electron chi connectivity index (χ0n) is 10.9. The van der Waals surface area contributed by atoms with Gasteiger partial charge in [0.05, 0.1) is 7.11 Å². The third-order valence-electron chi connectivity index (χ3n) is 3.06. The molecule has 0 spiro atoms. The first-order chi connectivity index (χ1) is 7.80. The van der Waals surface area contributed by atoms with Crippen LogP contribution in [0.3, 0.4) is 0 Å². The fourth-order valence-electron chi connectivity index (χ4n) is 1.63. The molecule has 0 saturated heterocycles. The van der Waals surface area contributed by atoms with Crippen LogP contribution in [0.25, 0.3) is 0 Å². The van der Waals surface area contributed by atoms with Crippen molar-refractivity contribution in [2.75, 3.05) is 19.1 Å². The lowest BCUT2D eigenvalue weighted by atomic mass is 10.0. The molecule has 0 aliphatic rings. The lowest BCUT2D eigenvalue weighted by molar-refractivity contribution is -0.145. The first-order valence-electron chi connectivity index (χ1n) is 5.39. The normalized spacial score (nSPS) is 11.2. The van der Waals surface area contributed by atoms with E-state index in [0.29, 0.717) is 0 Å². The molecule has 0 fully saturated rings. The van der Waals surface area contributed by atoms with Gasteiger partial charge in [-0.1, -0.05) is 22.0 Å². The van der Waals surface area contributed by atoms with Gasteiger partial charge in [-0.2, -0.15) is 0 Å². The minimum atomic E-state index is -0.694. The number of carbonyl (C=O) groups excluding carboxylic acids is 1. The molecular formula is C13H18BrNO2. The van der Waals surface area contributed by atoms with Crippen molar-refractivity contribution in [3.05, 3.63) is 28.2 Å². The van der Waals surface area contributed by atoms with Crippen molar-refractivity contribution >= 4 is 27.6 Å². The first kappa shape index (κ1) is 14.0. The number of aryl methyl sites for hydroxylation is 1. The Kier molecular flexibility index (Phi) is 4.20. The quantitative estimate of drug-likeness (QED) is 0.803. The number of anilines is 1. The van der Waals surface area contributed by atoms with Crippen LogP contribution in [0.2, 0.25) is 0 Å². The van der Waals surface area contributed by atoms with Crippen LogP contribution in [0, 0.1) is 6.92 Å². The molecule has 1 rings (SSSR count). The third-order valence-corrected chi connectivity index (χ3v) is 3.55. The highest BCUT2D eigenvalue weighted by atomic mass is 79.9. The van der Waals surface area contributed by atoms with Crippen LogP contribution in [0.5, 0.6) is 0 Å². The number of carbonyl (C=O) groups is 1. The second-order valence-electron chi connectivity index (χ2n) is 4.54. The largest absolute Gasteiger partial charge is 0.467 e. The number of methoxy groups -OCH3 is 1. The monoisotopic (exact) mass is 299 g/mol. The highest BCUT2D eigenvalue weighted by molar-refractivity contribution is 9.10. The summed E-state index contributed by atoms with van der Waals surface area (Å²) in [6.45, 7) is 5.71. The van der Waals surface area contributed by atoms with E-state index >= 15 is 0 Å². The fraction of sp³-hybridized carbons (Fsp3) is 0.462. The van der Waals surface area contributed by atoms with Crippen LogP contribution in [0.1, 0.15) is 19.4 Å². The topological polar surface area (TPSA) is 29.5 Å². The van der Waals surface area contributed by atoms with Crippen LogP contribution in [-0.2, 0) is 9.53 Å². The average molecular weight is 300 g/mol. The standard InChI is InChI=1S/C13H18BrNO2/c1-9-6-7-10(14)8-11(9)15(4)13(2,3)12(16)17-5/h6-8H,1-5H3. The van der Waals surface area contributed by atoms with Crippen LogP contribution in [-0.4, -0.2) is 25.7 Å². The average Bonchev–Trinajstić information content (AvgIpc) is 2.30. The first-order valence-corrected chi connectivity index (χ1v) is 6.18. The Morgan fingerprint density at radius 2 is 2.00 bits per heavy atom. The summed E-state index contributed by atoms with van der Waals surface area (Å²) >= 11 is 3.44. The number of ether oxygens (including phenoxy) is 1. The van der Waals surface area contributed by atoms with Gasteiger partial charge in [-0.3, -0.25) is 0 Å². The summed E-state index contributed by atoms with van der Waals surface area (Å²) in [5, 5.41) is 0. The highest BCUT2D eigenvalue weighted by Gasteiger charge is 2.34. The minimum absolute atomic E-state index is 0.251. The highest BCUT2D eigenvalue weighted by Crippen LogP contribution is 2.29. The van der Waals surface area contributed by atoms with Gasteiger partial charge in [0.2, 0.25) is 0 Å². The van der Waals surface area contributed by atoms with Crippen molar-refractivity contribution in [1.82, 2.24) is 0 Å². The van der Waals surface area contributed by atoms with Crippen LogP contribution in [0.15, 0.2) is 22.7 Å². The minimum Gasteiger partial charge on any atom is -0.467 e. The second-order valence-corrected chi connectivity index (χ2v) is 5.46. The Balaban J connectivity index is 3.15. The lowest BCUT2D eigenvalue weighted by Crippen LogP contribution is -2.49. The van der Waals surface area contributed by atoms with E-state index in [4.69, 9.17) is 4.74 Å². The summed E-state index contributed by atoms with van der Waals surface area (Å²) in [6.07, 6.45) is 0. The molecule has 0 amide bonds. The lowest BCUT2D eigenvalue weighted by Gasteiger charge is -2.35. The van der Waals surface area contributed by atoms with Crippen molar-refractivity contribution in [3.63, 3.8) is 0 Å². The van der Waals surface area contributed by atoms with Gasteiger partial charge in [-0.15, -0.1) is 0 Å². The molecule has 0 aliphatic heterocycles. The summed E-state index contributed by atoms with van der Waals surface area (Å²) in [7, 11) is 3.30. The molecule has 0 saturated carbocycles. The second kappa shape index (κ2) is 5.08. The molecule has 0 bridgehead atoms. The number of rotatable bonds is 3. The molecule has 4 heteroatoms. The number of hydrogen-bond donors (Lipinski definition) is 0. The molecule has 94 valence electrons. The van der Waals surface area contributed by atoms with Crippen molar-refractivity contribution in [2.45, 2.75) is 26.3 Å². The molecule has 0 atom stereocenters. The fourth-order valence-corrected chi connectivity index (χ4v) is 1.98. The van der Waals surface area contributed by atoms with E-state index in [-0.39, 0.29) is 5.97 Å². The van der Waals surface area contributed by atoms with E-state index in [1.807, 2.05) is 50.9 Å². The molecule has 0 radical (unpaired) electrons. The predicted molar refractivity (Wildman–Crippen MR) is 73.4 cm³/mol. The van der Waals surface area contributed by atoms with Gasteiger partial charge in [-0.05, 0) is 38.5 Å². The molecule has 1 aromatic rings. The van der Waals surface area contributed by atoms with Crippen molar-refractivity contribution < 1.29 is 9.53 Å². The zero-order chi connectivity index (χ0) is 13.2. The number of nitrogens with zero attached hydrogens (tertiary/aromatic N) is 1. The Morgan fingerprint density at radius 3 is 2.53 bits per heavy atom. The summed E-state index contributed by atoms with van der Waals surface area (Å²) in [5.74, 6) is -0.251. The van der Waals surface area contributed by atoms with Crippen molar-refractivity contribution in [2.24, 2.45) is 0 Å². The molecule has 0 aromatic heterocycles. The van der Waals surface area contributed by atoms with E-state index in [9.17, 15) is 4.79 Å². The van der Waals surface area contributed by atoms with Crippen molar-refractivity contribution in [3.8, 4) is 0 Å². The third kappa shape index (κ3) is 2.80. The molecule has 1 aromatic carbocycles. The van der Waals surface area contributed by atoms with Crippen LogP contribution >= 0.6 is 15.9 Å². The molecule has 0 heterocycles. The van der Waals surface area contributed by atoms with Gasteiger partial charge in [0.25, 0.3) is 0 Å². The Hall–Kier alpha value is -1.03. The molecule has 3 nitrogen and oxygen atoms in total. The molecule has 0 unspecified atom stereocenters. The van der Waals surface area contributed by atoms with E-state index < -0.39 is 5.54 Å². The number of benzene rings is 1. The van der Waals surface area contributed by atoms with Gasteiger partial charge in [0.1, 0.15) is 5.54 Å². The Morgan fingerprint density at radius 1 is 1.41 bits per heavy atom.